The number of carbonyl (C=O) groups excluding carboxylic acids is 11. The Labute approximate surface area is 883 Å². The average Bonchev–Trinajstić information content (AvgIpc) is 0.895. The van der Waals surface area contributed by atoms with Gasteiger partial charge in [0.15, 0.2) is 0 Å². The molecule has 0 radical (unpaired) electrons. The Kier molecular flexibility index (Phi) is 93.9. The molecule has 0 heterocycles. The van der Waals surface area contributed by atoms with Crippen molar-refractivity contribution in [1.82, 2.24) is 5.32 Å². The molecule has 0 bridgehead atoms. The smallest absolute Gasteiger partial charge is 0.748 e. The van der Waals surface area contributed by atoms with Crippen molar-refractivity contribution in [2.75, 3.05) is 211 Å². The van der Waals surface area contributed by atoms with E-state index in [4.69, 9.17) is 119 Å². The molecular formula is C94H179NNaO45P3S. The van der Waals surface area contributed by atoms with Crippen molar-refractivity contribution in [2.24, 2.45) is 43.8 Å². The molecule has 51 heteroatoms. The van der Waals surface area contributed by atoms with Gasteiger partial charge in [-0.3, -0.25) is 51.9 Å². The number of ether oxygens (including phenoxy) is 19. The van der Waals surface area contributed by atoms with E-state index in [2.05, 4.69) is 38.6 Å². The van der Waals surface area contributed by atoms with E-state index in [1.807, 2.05) is 111 Å². The summed E-state index contributed by atoms with van der Waals surface area (Å²) < 4.78 is 172. The molecule has 0 saturated heterocycles. The number of amides is 1. The summed E-state index contributed by atoms with van der Waals surface area (Å²) in [7, 11) is -16.1. The SMILES string of the molecule is C=C(C)C(=O)OCCOC(=O)C(C)(C)CC.C=C(C)C(=O)OCCOC(=O)C(C)(C)CC.C=C(C)C(=O)OCCOC(=O)C(C)(C)CC.CCC(C)(C)C(=O)OCCOCCOCCOCCOCCOCCOCCOCCOCCOC.CCC(C)(C)C(=O)OCCOP(=O)(O)O.CCC(C)(C)C(=O)OCCOP(=O)(O)O.CCC(C)(C)C(=O)OCCOP(=O)(O)O.CCC(C)C(=O)NC(C)(C)CS(=O)(=O)[O-].[Na+]. The molecule has 0 saturated carbocycles. The van der Waals surface area contributed by atoms with E-state index >= 15 is 0 Å². The van der Waals surface area contributed by atoms with Gasteiger partial charge in [0.25, 0.3) is 0 Å². The minimum absolute atomic E-state index is 0. The van der Waals surface area contributed by atoms with Crippen LogP contribution in [-0.4, -0.2) is 325 Å². The minimum atomic E-state index is -4.46. The molecule has 0 fully saturated rings. The summed E-state index contributed by atoms with van der Waals surface area (Å²) in [6, 6.07) is 0. The average molecular weight is 2190 g/mol. The molecule has 1 unspecified atom stereocenters. The zero-order valence-electron chi connectivity index (χ0n) is 92.1. The topological polar surface area (TPSA) is 633 Å². The molecule has 0 aromatic heterocycles. The quantitative estimate of drug-likeness (QED) is 0.00569. The van der Waals surface area contributed by atoms with E-state index in [0.29, 0.717) is 174 Å². The number of phosphoric acid groups is 3. The maximum absolute atomic E-state index is 11.8. The number of nitrogens with one attached hydrogen (secondary N) is 1. The van der Waals surface area contributed by atoms with Gasteiger partial charge >= 0.3 is 113 Å². The van der Waals surface area contributed by atoms with Crippen molar-refractivity contribution in [3.8, 4) is 0 Å². The van der Waals surface area contributed by atoms with Crippen LogP contribution in [0.5, 0.6) is 0 Å². The van der Waals surface area contributed by atoms with Gasteiger partial charge < -0.3 is 129 Å². The molecule has 0 aromatic rings. The molecule has 46 nitrogen and oxygen atoms in total. The van der Waals surface area contributed by atoms with Crippen LogP contribution in [0.4, 0.5) is 0 Å². The summed E-state index contributed by atoms with van der Waals surface area (Å²) >= 11 is 0. The summed E-state index contributed by atoms with van der Waals surface area (Å²) in [5.74, 6) is -4.64. The summed E-state index contributed by atoms with van der Waals surface area (Å²) in [6.07, 6.45) is 5.42. The number of hydrogen-bond acceptors (Lipinski definition) is 39. The number of esters is 10. The number of phosphoric ester groups is 3. The summed E-state index contributed by atoms with van der Waals surface area (Å²) in [5.41, 5.74) is -3.67. The van der Waals surface area contributed by atoms with E-state index in [0.717, 1.165) is 6.42 Å². The molecule has 0 aromatic carbocycles. The first-order valence-electron chi connectivity index (χ1n) is 47.3. The van der Waals surface area contributed by atoms with Crippen LogP contribution in [0.2, 0.25) is 0 Å². The molecule has 0 spiro atoms. The fourth-order valence-corrected chi connectivity index (χ4v) is 9.42. The molecule has 1 atom stereocenters. The van der Waals surface area contributed by atoms with E-state index in [-0.39, 0.29) is 151 Å². The van der Waals surface area contributed by atoms with Crippen LogP contribution in [0.25, 0.3) is 0 Å². The first-order valence-corrected chi connectivity index (χ1v) is 53.4. The second-order valence-corrected chi connectivity index (χ2v) is 41.7. The molecule has 145 heavy (non-hydrogen) atoms. The second-order valence-electron chi connectivity index (χ2n) is 36.6. The first-order chi connectivity index (χ1) is 66.1. The Bertz CT molecular complexity index is 3590. The fraction of sp³-hybridized carbons (Fsp3) is 0.819. The summed E-state index contributed by atoms with van der Waals surface area (Å²) in [4.78, 5) is 175. The van der Waals surface area contributed by atoms with Gasteiger partial charge in [-0.1, -0.05) is 82.1 Å². The van der Waals surface area contributed by atoms with Crippen LogP contribution in [0.1, 0.15) is 245 Å². The van der Waals surface area contributed by atoms with Crippen LogP contribution in [0.3, 0.4) is 0 Å². The molecule has 0 aliphatic heterocycles. The molecule has 0 aliphatic carbocycles. The Morgan fingerprint density at radius 2 is 0.448 bits per heavy atom. The standard InChI is InChI=1S/C25H50O11.3C12H20O4.C9H19NO4S.3C8H17O6P.Na/c1-5-25(2,3)24(26)36-23-22-35-21-20-34-19-18-33-17-16-32-15-14-31-13-12-30-11-10-29-9-8-28-7-6-27-4;3*1-6-12(4,5)11(14)16-8-7-15-10(13)9(2)3;1-5-7(2)8(11)10-9(3,4)6-15(12,13)14;3*1-4-8(2,3)7(9)13-5-6-14-15(10,11)12;/h5-23H2,1-4H3;3*2,6-8H2,1,3-5H3;7H,5-6H2,1-4H3,(H,10,11)(H,12,13,14);3*4-6H2,1-3H3,(H2,10,11,12);/q;;;;;;;;+1/p-1. The predicted molar refractivity (Wildman–Crippen MR) is 531 cm³/mol. The van der Waals surface area contributed by atoms with Gasteiger partial charge in [-0.05, 0) is 183 Å². The minimum Gasteiger partial charge on any atom is -0.748 e. The van der Waals surface area contributed by atoms with Gasteiger partial charge in [-0.15, -0.1) is 0 Å². The van der Waals surface area contributed by atoms with Crippen molar-refractivity contribution in [2.45, 2.75) is 251 Å². The number of hydrogen-bond donors (Lipinski definition) is 7. The third-order valence-electron chi connectivity index (χ3n) is 20.0. The van der Waals surface area contributed by atoms with E-state index < -0.39 is 119 Å². The normalized spacial score (nSPS) is 11.9. The predicted octanol–water partition coefficient (Wildman–Crippen LogP) is 8.70. The summed E-state index contributed by atoms with van der Waals surface area (Å²) in [5, 5.41) is 2.55. The molecule has 0 aliphatic rings. The number of rotatable bonds is 70. The maximum atomic E-state index is 11.8. The molecular weight excluding hydrogens is 2010 g/mol. The van der Waals surface area contributed by atoms with Crippen LogP contribution in [-0.2, 0) is 180 Å². The molecule has 0 rings (SSSR count). The van der Waals surface area contributed by atoms with Gasteiger partial charge in [0.2, 0.25) is 5.91 Å². The van der Waals surface area contributed by atoms with Gasteiger partial charge in [0.1, 0.15) is 66.1 Å². The second kappa shape index (κ2) is 86.8. The molecule has 852 valence electrons. The Morgan fingerprint density at radius 1 is 0.297 bits per heavy atom. The fourth-order valence-electron chi connectivity index (χ4n) is 7.52. The van der Waals surface area contributed by atoms with Crippen molar-refractivity contribution in [1.29, 1.82) is 0 Å². The Balaban J connectivity index is -0.000000214. The summed E-state index contributed by atoms with van der Waals surface area (Å²) in [6.45, 7) is 67.9. The van der Waals surface area contributed by atoms with E-state index in [1.54, 1.807) is 76.3 Å². The van der Waals surface area contributed by atoms with Crippen LogP contribution in [0.15, 0.2) is 36.5 Å². The van der Waals surface area contributed by atoms with Crippen molar-refractivity contribution >= 4 is 99.2 Å². The van der Waals surface area contributed by atoms with Gasteiger partial charge in [-0.2, -0.15) is 0 Å². The van der Waals surface area contributed by atoms with Crippen LogP contribution in [0, 0.1) is 43.8 Å². The Morgan fingerprint density at radius 3 is 0.593 bits per heavy atom. The van der Waals surface area contributed by atoms with Crippen molar-refractivity contribution in [3.63, 3.8) is 0 Å². The zero-order valence-corrected chi connectivity index (χ0v) is 97.6. The molecule has 1 amide bonds. The van der Waals surface area contributed by atoms with E-state index in [9.17, 15) is 79.4 Å². The maximum Gasteiger partial charge on any atom is 1.00 e. The number of methoxy groups -OCH3 is 1. The first kappa shape index (κ1) is 157. The largest absolute Gasteiger partial charge is 1.00 e. The molecule has 7 N–H and O–H groups in total. The third kappa shape index (κ3) is 100.0. The van der Waals surface area contributed by atoms with Gasteiger partial charge in [-0.25, -0.2) is 36.5 Å². The van der Waals surface area contributed by atoms with E-state index in [1.165, 1.54) is 13.8 Å². The number of carbonyl (C=O) groups is 11. The van der Waals surface area contributed by atoms with Crippen molar-refractivity contribution in [3.05, 3.63) is 36.5 Å². The van der Waals surface area contributed by atoms with Gasteiger partial charge in [0, 0.05) is 35.3 Å². The van der Waals surface area contributed by atoms with Crippen LogP contribution < -0.4 is 34.9 Å². The Hall–Kier alpha value is -5.73. The van der Waals surface area contributed by atoms with Crippen LogP contribution >= 0.6 is 23.5 Å². The zero-order chi connectivity index (χ0) is 114. The van der Waals surface area contributed by atoms with Gasteiger partial charge in [0.05, 0.1) is 186 Å². The van der Waals surface area contributed by atoms with Crippen molar-refractivity contribution < 1.29 is 242 Å². The third-order valence-corrected chi connectivity index (χ3v) is 22.7. The monoisotopic (exact) mass is 2190 g/mol.